The van der Waals surface area contributed by atoms with Gasteiger partial charge >= 0.3 is 5.97 Å². The highest BCUT2D eigenvalue weighted by molar-refractivity contribution is 6.06. The zero-order valence-corrected chi connectivity index (χ0v) is 15.3. The van der Waals surface area contributed by atoms with E-state index < -0.39 is 5.97 Å². The second-order valence-electron chi connectivity index (χ2n) is 6.81. The first-order valence-electron chi connectivity index (χ1n) is 8.12. The number of nitrogens with one attached hydrogen (secondary N) is 2. The molecule has 0 aliphatic heterocycles. The van der Waals surface area contributed by atoms with E-state index >= 15 is 0 Å². The summed E-state index contributed by atoms with van der Waals surface area (Å²) in [5.74, 6) is -1.03. The summed E-state index contributed by atoms with van der Waals surface area (Å²) in [5.41, 5.74) is 1.34. The summed E-state index contributed by atoms with van der Waals surface area (Å²) >= 11 is 0. The number of rotatable bonds is 4. The number of esters is 1. The first kappa shape index (κ1) is 19.2. The van der Waals surface area contributed by atoms with Crippen molar-refractivity contribution in [3.05, 3.63) is 65.2 Å². The van der Waals surface area contributed by atoms with Gasteiger partial charge in [0.25, 0.3) is 11.8 Å². The highest BCUT2D eigenvalue weighted by Gasteiger charge is 2.16. The van der Waals surface area contributed by atoms with Crippen LogP contribution in [0.3, 0.4) is 0 Å². The zero-order chi connectivity index (χ0) is 19.3. The molecule has 0 aliphatic rings. The number of carbonyl (C=O) groups is 3. The summed E-state index contributed by atoms with van der Waals surface area (Å²) in [6.07, 6.45) is 0. The van der Waals surface area contributed by atoms with Crippen molar-refractivity contribution >= 4 is 23.5 Å². The van der Waals surface area contributed by atoms with Crippen molar-refractivity contribution in [3.8, 4) is 0 Å². The molecular weight excluding hydrogens is 332 g/mol. The van der Waals surface area contributed by atoms with Gasteiger partial charge in [0.15, 0.2) is 0 Å². The zero-order valence-electron chi connectivity index (χ0n) is 15.3. The molecule has 0 aromatic heterocycles. The van der Waals surface area contributed by atoms with Crippen LogP contribution in [-0.4, -0.2) is 30.4 Å². The molecule has 2 N–H and O–H groups in total. The van der Waals surface area contributed by atoms with Crippen LogP contribution in [0.2, 0.25) is 0 Å². The third-order valence-corrected chi connectivity index (χ3v) is 3.44. The molecule has 0 atom stereocenters. The largest absolute Gasteiger partial charge is 0.465 e. The van der Waals surface area contributed by atoms with Gasteiger partial charge < -0.3 is 15.4 Å². The van der Waals surface area contributed by atoms with E-state index in [9.17, 15) is 14.4 Å². The van der Waals surface area contributed by atoms with E-state index in [0.29, 0.717) is 22.4 Å². The Morgan fingerprint density at radius 1 is 0.846 bits per heavy atom. The van der Waals surface area contributed by atoms with Crippen molar-refractivity contribution in [2.75, 3.05) is 12.4 Å². The molecule has 0 spiro atoms. The van der Waals surface area contributed by atoms with E-state index in [-0.39, 0.29) is 17.4 Å². The van der Waals surface area contributed by atoms with Gasteiger partial charge in [-0.05, 0) is 63.2 Å². The van der Waals surface area contributed by atoms with Crippen molar-refractivity contribution in [1.29, 1.82) is 0 Å². The predicted octanol–water partition coefficient (Wildman–Crippen LogP) is 3.25. The lowest BCUT2D eigenvalue weighted by molar-refractivity contribution is 0.0600. The molecule has 0 bridgehead atoms. The Morgan fingerprint density at radius 2 is 1.42 bits per heavy atom. The van der Waals surface area contributed by atoms with E-state index in [1.807, 2.05) is 20.8 Å². The van der Waals surface area contributed by atoms with Gasteiger partial charge in [-0.2, -0.15) is 0 Å². The molecule has 136 valence electrons. The molecule has 6 heteroatoms. The standard InChI is InChI=1S/C20H22N2O4/c1-20(2,3)22-18(24)15-7-5-6-14(12-15)17(23)21-16-10-8-13(9-11-16)19(25)26-4/h5-12H,1-4H3,(H,21,23)(H,22,24). The minimum atomic E-state index is -0.444. The number of benzene rings is 2. The average molecular weight is 354 g/mol. The fraction of sp³-hybridized carbons (Fsp3) is 0.250. The number of ether oxygens (including phenoxy) is 1. The maximum atomic E-state index is 12.4. The summed E-state index contributed by atoms with van der Waals surface area (Å²) in [6.45, 7) is 5.67. The molecule has 26 heavy (non-hydrogen) atoms. The molecule has 6 nitrogen and oxygen atoms in total. The van der Waals surface area contributed by atoms with Crippen LogP contribution in [0.25, 0.3) is 0 Å². The van der Waals surface area contributed by atoms with Crippen molar-refractivity contribution in [3.63, 3.8) is 0 Å². The Kier molecular flexibility index (Phi) is 5.77. The monoisotopic (exact) mass is 354 g/mol. The van der Waals surface area contributed by atoms with E-state index in [0.717, 1.165) is 0 Å². The lowest BCUT2D eigenvalue weighted by atomic mass is 10.1. The van der Waals surface area contributed by atoms with Crippen molar-refractivity contribution in [2.45, 2.75) is 26.3 Å². The first-order chi connectivity index (χ1) is 12.2. The number of amides is 2. The van der Waals surface area contributed by atoms with Crippen LogP contribution < -0.4 is 10.6 Å². The second-order valence-corrected chi connectivity index (χ2v) is 6.81. The van der Waals surface area contributed by atoms with Gasteiger partial charge in [-0.1, -0.05) is 6.07 Å². The van der Waals surface area contributed by atoms with E-state index in [1.165, 1.54) is 7.11 Å². The van der Waals surface area contributed by atoms with Crippen LogP contribution in [0.4, 0.5) is 5.69 Å². The number of methoxy groups -OCH3 is 1. The third-order valence-electron chi connectivity index (χ3n) is 3.44. The fourth-order valence-corrected chi connectivity index (χ4v) is 2.23. The van der Waals surface area contributed by atoms with Gasteiger partial charge in [-0.3, -0.25) is 9.59 Å². The number of hydrogen-bond acceptors (Lipinski definition) is 4. The lowest BCUT2D eigenvalue weighted by Gasteiger charge is -2.20. The van der Waals surface area contributed by atoms with Gasteiger partial charge in [-0.15, -0.1) is 0 Å². The van der Waals surface area contributed by atoms with E-state index in [1.54, 1.807) is 48.5 Å². The Balaban J connectivity index is 2.11. The maximum absolute atomic E-state index is 12.4. The molecular formula is C20H22N2O4. The van der Waals surface area contributed by atoms with Gasteiger partial charge in [0.2, 0.25) is 0 Å². The summed E-state index contributed by atoms with van der Waals surface area (Å²) in [6, 6.07) is 12.8. The molecule has 2 amide bonds. The third kappa shape index (κ3) is 5.17. The van der Waals surface area contributed by atoms with Crippen LogP contribution in [0, 0.1) is 0 Å². The molecule has 0 saturated heterocycles. The molecule has 0 heterocycles. The minimum absolute atomic E-state index is 0.241. The quantitative estimate of drug-likeness (QED) is 0.826. The lowest BCUT2D eigenvalue weighted by Crippen LogP contribution is -2.40. The van der Waals surface area contributed by atoms with Gasteiger partial charge in [0, 0.05) is 22.4 Å². The number of hydrogen-bond donors (Lipinski definition) is 2. The highest BCUT2D eigenvalue weighted by Crippen LogP contribution is 2.14. The highest BCUT2D eigenvalue weighted by atomic mass is 16.5. The van der Waals surface area contributed by atoms with Crippen LogP contribution in [0.5, 0.6) is 0 Å². The van der Waals surface area contributed by atoms with Crippen LogP contribution >= 0.6 is 0 Å². The van der Waals surface area contributed by atoms with Crippen molar-refractivity contribution in [2.24, 2.45) is 0 Å². The molecule has 2 rings (SSSR count). The topological polar surface area (TPSA) is 84.5 Å². The Morgan fingerprint density at radius 3 is 1.96 bits per heavy atom. The Bertz CT molecular complexity index is 820. The molecule has 0 fully saturated rings. The summed E-state index contributed by atoms with van der Waals surface area (Å²) in [5, 5.41) is 5.59. The molecule has 0 unspecified atom stereocenters. The van der Waals surface area contributed by atoms with E-state index in [4.69, 9.17) is 0 Å². The van der Waals surface area contributed by atoms with Crippen molar-refractivity contribution < 1.29 is 19.1 Å². The normalized spacial score (nSPS) is 10.8. The molecule has 0 radical (unpaired) electrons. The summed E-state index contributed by atoms with van der Waals surface area (Å²) in [7, 11) is 1.31. The maximum Gasteiger partial charge on any atom is 0.337 e. The van der Waals surface area contributed by atoms with Gasteiger partial charge in [-0.25, -0.2) is 4.79 Å². The smallest absolute Gasteiger partial charge is 0.337 e. The molecule has 0 aliphatic carbocycles. The average Bonchev–Trinajstić information content (AvgIpc) is 2.60. The van der Waals surface area contributed by atoms with E-state index in [2.05, 4.69) is 15.4 Å². The van der Waals surface area contributed by atoms with Crippen LogP contribution in [0.1, 0.15) is 51.8 Å². The molecule has 2 aromatic carbocycles. The SMILES string of the molecule is COC(=O)c1ccc(NC(=O)c2cccc(C(=O)NC(C)(C)C)c2)cc1. The summed E-state index contributed by atoms with van der Waals surface area (Å²) < 4.78 is 4.63. The first-order valence-corrected chi connectivity index (χ1v) is 8.12. The number of anilines is 1. The fourth-order valence-electron chi connectivity index (χ4n) is 2.23. The van der Waals surface area contributed by atoms with Crippen LogP contribution in [-0.2, 0) is 4.74 Å². The Hall–Kier alpha value is -3.15. The van der Waals surface area contributed by atoms with Gasteiger partial charge in [0.05, 0.1) is 12.7 Å². The predicted molar refractivity (Wildman–Crippen MR) is 99.4 cm³/mol. The second kappa shape index (κ2) is 7.82. The number of carbonyl (C=O) groups excluding carboxylic acids is 3. The van der Waals surface area contributed by atoms with Crippen molar-refractivity contribution in [1.82, 2.24) is 5.32 Å². The molecule has 0 saturated carbocycles. The van der Waals surface area contributed by atoms with Crippen LogP contribution in [0.15, 0.2) is 48.5 Å². The minimum Gasteiger partial charge on any atom is -0.465 e. The summed E-state index contributed by atoms with van der Waals surface area (Å²) in [4.78, 5) is 36.1. The van der Waals surface area contributed by atoms with Gasteiger partial charge in [0.1, 0.15) is 0 Å². The Labute approximate surface area is 152 Å². The molecule has 2 aromatic rings.